The number of nitrogen functional groups attached to an aromatic ring is 1. The summed E-state index contributed by atoms with van der Waals surface area (Å²) in [4.78, 5) is 6.22. The third-order valence-electron chi connectivity index (χ3n) is 2.88. The number of nitrogens with two attached hydrogens (primary N) is 1. The van der Waals surface area contributed by atoms with Crippen LogP contribution >= 0.6 is 11.6 Å². The fourth-order valence-electron chi connectivity index (χ4n) is 1.76. The van der Waals surface area contributed by atoms with Gasteiger partial charge in [0.15, 0.2) is 0 Å². The Balaban J connectivity index is 2.31. The lowest BCUT2D eigenvalue weighted by Gasteiger charge is -2.19. The molecule has 0 radical (unpaired) electrons. The summed E-state index contributed by atoms with van der Waals surface area (Å²) in [5, 5.41) is 0.405. The molecule has 0 bridgehead atoms. The lowest BCUT2D eigenvalue weighted by atomic mass is 10.1. The van der Waals surface area contributed by atoms with Gasteiger partial charge in [-0.2, -0.15) is 0 Å². The first-order valence-electron chi connectivity index (χ1n) is 5.86. The van der Waals surface area contributed by atoms with Crippen LogP contribution in [0.25, 0.3) is 0 Å². The zero-order chi connectivity index (χ0) is 13.1. The van der Waals surface area contributed by atoms with Crippen molar-refractivity contribution in [1.82, 2.24) is 4.98 Å². The van der Waals surface area contributed by atoms with E-state index < -0.39 is 0 Å². The second-order valence-corrected chi connectivity index (χ2v) is 4.55. The summed E-state index contributed by atoms with van der Waals surface area (Å²) in [7, 11) is 1.94. The van der Waals surface area contributed by atoms with E-state index in [9.17, 15) is 0 Å². The maximum atomic E-state index is 5.91. The SMILES string of the molecule is CCc1ccc(N(C)c2cc(N)cc(Cl)n2)cc1. The predicted octanol–water partition coefficient (Wildman–Crippen LogP) is 3.65. The van der Waals surface area contributed by atoms with Gasteiger partial charge in [-0.1, -0.05) is 30.7 Å². The van der Waals surface area contributed by atoms with Crippen LogP contribution in [-0.4, -0.2) is 12.0 Å². The lowest BCUT2D eigenvalue weighted by Crippen LogP contribution is -2.11. The number of halogens is 1. The molecule has 0 aliphatic rings. The number of aryl methyl sites for hydroxylation is 1. The monoisotopic (exact) mass is 261 g/mol. The predicted molar refractivity (Wildman–Crippen MR) is 77.5 cm³/mol. The highest BCUT2D eigenvalue weighted by Gasteiger charge is 2.07. The van der Waals surface area contributed by atoms with Crippen LogP contribution in [0.5, 0.6) is 0 Å². The van der Waals surface area contributed by atoms with Crippen molar-refractivity contribution in [3.05, 3.63) is 47.1 Å². The van der Waals surface area contributed by atoms with Gasteiger partial charge in [-0.15, -0.1) is 0 Å². The van der Waals surface area contributed by atoms with Crippen LogP contribution in [0.3, 0.4) is 0 Å². The molecule has 4 heteroatoms. The van der Waals surface area contributed by atoms with Gasteiger partial charge in [0.05, 0.1) is 0 Å². The van der Waals surface area contributed by atoms with E-state index in [1.165, 1.54) is 5.56 Å². The fourth-order valence-corrected chi connectivity index (χ4v) is 1.97. The number of hydrogen-bond acceptors (Lipinski definition) is 3. The Morgan fingerprint density at radius 3 is 2.44 bits per heavy atom. The summed E-state index contributed by atoms with van der Waals surface area (Å²) >= 11 is 5.91. The van der Waals surface area contributed by atoms with Crippen molar-refractivity contribution in [1.29, 1.82) is 0 Å². The van der Waals surface area contributed by atoms with Crippen molar-refractivity contribution in [3.8, 4) is 0 Å². The van der Waals surface area contributed by atoms with E-state index in [4.69, 9.17) is 17.3 Å². The third kappa shape index (κ3) is 2.74. The van der Waals surface area contributed by atoms with Crippen molar-refractivity contribution < 1.29 is 0 Å². The number of hydrogen-bond donors (Lipinski definition) is 1. The van der Waals surface area contributed by atoms with Crippen LogP contribution in [0, 0.1) is 0 Å². The molecule has 0 unspecified atom stereocenters. The van der Waals surface area contributed by atoms with E-state index in [-0.39, 0.29) is 0 Å². The average molecular weight is 262 g/mol. The van der Waals surface area contributed by atoms with Gasteiger partial charge in [-0.3, -0.25) is 0 Å². The zero-order valence-electron chi connectivity index (χ0n) is 10.5. The Bertz CT molecular complexity index is 517. The topological polar surface area (TPSA) is 42.1 Å². The molecule has 0 saturated heterocycles. The molecule has 1 aromatic carbocycles. The van der Waals surface area contributed by atoms with Crippen LogP contribution < -0.4 is 10.6 Å². The molecule has 1 aromatic heterocycles. The minimum Gasteiger partial charge on any atom is -0.399 e. The van der Waals surface area contributed by atoms with Crippen LogP contribution in [-0.2, 0) is 6.42 Å². The largest absolute Gasteiger partial charge is 0.399 e. The summed E-state index contributed by atoms with van der Waals surface area (Å²) in [6.07, 6.45) is 1.03. The number of anilines is 3. The third-order valence-corrected chi connectivity index (χ3v) is 3.07. The second-order valence-electron chi connectivity index (χ2n) is 4.16. The fraction of sp³-hybridized carbons (Fsp3) is 0.214. The van der Waals surface area contributed by atoms with Crippen molar-refractivity contribution in [2.75, 3.05) is 17.7 Å². The van der Waals surface area contributed by atoms with E-state index in [2.05, 4.69) is 36.2 Å². The van der Waals surface area contributed by atoms with Crippen molar-refractivity contribution in [3.63, 3.8) is 0 Å². The molecule has 0 atom stereocenters. The molecule has 0 amide bonds. The molecule has 3 nitrogen and oxygen atoms in total. The Labute approximate surface area is 112 Å². The van der Waals surface area contributed by atoms with Gasteiger partial charge in [0, 0.05) is 24.5 Å². The molecule has 94 valence electrons. The molecular formula is C14H16ClN3. The smallest absolute Gasteiger partial charge is 0.136 e. The lowest BCUT2D eigenvalue weighted by molar-refractivity contribution is 1.11. The molecule has 2 aromatic rings. The van der Waals surface area contributed by atoms with Gasteiger partial charge in [-0.05, 0) is 30.2 Å². The molecule has 2 rings (SSSR count). The van der Waals surface area contributed by atoms with E-state index in [0.717, 1.165) is 17.9 Å². The van der Waals surface area contributed by atoms with Gasteiger partial charge in [0.2, 0.25) is 0 Å². The quantitative estimate of drug-likeness (QED) is 0.858. The maximum absolute atomic E-state index is 5.91. The average Bonchev–Trinajstić information content (AvgIpc) is 2.37. The number of aromatic nitrogens is 1. The number of rotatable bonds is 3. The Morgan fingerprint density at radius 1 is 1.22 bits per heavy atom. The van der Waals surface area contributed by atoms with Gasteiger partial charge in [0.25, 0.3) is 0 Å². The number of pyridine rings is 1. The van der Waals surface area contributed by atoms with E-state index in [1.807, 2.05) is 11.9 Å². The summed E-state index contributed by atoms with van der Waals surface area (Å²) in [5.74, 6) is 0.740. The van der Waals surface area contributed by atoms with Crippen molar-refractivity contribution in [2.45, 2.75) is 13.3 Å². The van der Waals surface area contributed by atoms with Crippen molar-refractivity contribution in [2.24, 2.45) is 0 Å². The summed E-state index contributed by atoms with van der Waals surface area (Å²) in [5.41, 5.74) is 8.75. The number of nitrogens with zero attached hydrogens (tertiary/aromatic N) is 2. The first-order valence-corrected chi connectivity index (χ1v) is 6.23. The van der Waals surface area contributed by atoms with Gasteiger partial charge < -0.3 is 10.6 Å². The highest BCUT2D eigenvalue weighted by molar-refractivity contribution is 6.29. The minimum atomic E-state index is 0.405. The molecule has 1 heterocycles. The molecule has 0 spiro atoms. The molecule has 0 aliphatic carbocycles. The van der Waals surface area contributed by atoms with Gasteiger partial charge in [-0.25, -0.2) is 4.98 Å². The Kier molecular flexibility index (Phi) is 3.72. The molecule has 2 N–H and O–H groups in total. The molecular weight excluding hydrogens is 246 g/mol. The second kappa shape index (κ2) is 5.27. The molecule has 0 aliphatic heterocycles. The molecule has 0 saturated carbocycles. The first-order chi connectivity index (χ1) is 8.60. The van der Waals surface area contributed by atoms with Crippen molar-refractivity contribution >= 4 is 28.8 Å². The van der Waals surface area contributed by atoms with Crippen LogP contribution in [0.15, 0.2) is 36.4 Å². The van der Waals surface area contributed by atoms with Crippen LogP contribution in [0.2, 0.25) is 5.15 Å². The van der Waals surface area contributed by atoms with E-state index in [1.54, 1.807) is 12.1 Å². The molecule has 0 fully saturated rings. The van der Waals surface area contributed by atoms with E-state index >= 15 is 0 Å². The highest BCUT2D eigenvalue weighted by atomic mass is 35.5. The number of benzene rings is 1. The van der Waals surface area contributed by atoms with Crippen LogP contribution in [0.4, 0.5) is 17.2 Å². The minimum absolute atomic E-state index is 0.405. The first kappa shape index (κ1) is 12.7. The summed E-state index contributed by atoms with van der Waals surface area (Å²) in [6.45, 7) is 2.14. The maximum Gasteiger partial charge on any atom is 0.136 e. The molecule has 18 heavy (non-hydrogen) atoms. The van der Waals surface area contributed by atoms with Gasteiger partial charge >= 0.3 is 0 Å². The Hall–Kier alpha value is -1.74. The van der Waals surface area contributed by atoms with Crippen LogP contribution in [0.1, 0.15) is 12.5 Å². The zero-order valence-corrected chi connectivity index (χ0v) is 11.3. The summed E-state index contributed by atoms with van der Waals surface area (Å²) < 4.78 is 0. The standard InChI is InChI=1S/C14H16ClN3/c1-3-10-4-6-12(7-5-10)18(2)14-9-11(16)8-13(15)17-14/h4-9H,3H2,1-2H3,(H2,16,17). The highest BCUT2D eigenvalue weighted by Crippen LogP contribution is 2.25. The van der Waals surface area contributed by atoms with Gasteiger partial charge in [0.1, 0.15) is 11.0 Å². The van der Waals surface area contributed by atoms with E-state index in [0.29, 0.717) is 10.8 Å². The summed E-state index contributed by atoms with van der Waals surface area (Å²) in [6, 6.07) is 11.8. The normalized spacial score (nSPS) is 10.4. The Morgan fingerprint density at radius 2 is 1.89 bits per heavy atom.